The number of methoxy groups -OCH3 is 1. The third kappa shape index (κ3) is 5.46. The number of carbonyl (C=O) groups is 1. The molecule has 2 amide bonds. The summed E-state index contributed by atoms with van der Waals surface area (Å²) in [5, 5.41) is 5.64. The first kappa shape index (κ1) is 20.6. The molecule has 1 aromatic carbocycles. The second-order valence-corrected chi connectivity index (χ2v) is 7.31. The molecule has 29 heavy (non-hydrogen) atoms. The number of piperidine rings is 1. The smallest absolute Gasteiger partial charge is 0.319 e. The lowest BCUT2D eigenvalue weighted by molar-refractivity contribution is 0.251. The van der Waals surface area contributed by atoms with Gasteiger partial charge in [-0.05, 0) is 43.9 Å². The minimum Gasteiger partial charge on any atom is -0.495 e. The normalized spacial score (nSPS) is 13.7. The number of amides is 2. The highest BCUT2D eigenvalue weighted by Crippen LogP contribution is 2.25. The maximum absolute atomic E-state index is 12.4. The van der Waals surface area contributed by atoms with Crippen molar-refractivity contribution in [1.29, 1.82) is 0 Å². The maximum atomic E-state index is 12.4. The molecular formula is C20H29N7O2. The molecule has 1 aliphatic rings. The minimum absolute atomic E-state index is 0.199. The van der Waals surface area contributed by atoms with Crippen LogP contribution in [0, 0.1) is 6.92 Å². The Bertz CT molecular complexity index is 851. The molecule has 1 aromatic heterocycles. The predicted octanol–water partition coefficient (Wildman–Crippen LogP) is 2.57. The standard InChI is InChI=1S/C20H29N7O2/c1-14-8-9-16(29-4)15(12-14)22-20(28)21-13-17-23-18(26(2)3)25-19(24-17)27-10-6-5-7-11-27/h8-9,12H,5-7,10-11,13H2,1-4H3,(H2,21,22,28). The van der Waals surface area contributed by atoms with Crippen molar-refractivity contribution in [3.05, 3.63) is 29.6 Å². The molecule has 2 N–H and O–H groups in total. The molecule has 1 aliphatic heterocycles. The molecule has 0 unspecified atom stereocenters. The molecule has 3 rings (SSSR count). The van der Waals surface area contributed by atoms with Crippen molar-refractivity contribution in [2.24, 2.45) is 0 Å². The lowest BCUT2D eigenvalue weighted by Gasteiger charge is -2.27. The molecule has 0 saturated carbocycles. The molecule has 9 nitrogen and oxygen atoms in total. The van der Waals surface area contributed by atoms with Crippen LogP contribution in [0.15, 0.2) is 18.2 Å². The Kier molecular flexibility index (Phi) is 6.69. The zero-order valence-electron chi connectivity index (χ0n) is 17.5. The van der Waals surface area contributed by atoms with E-state index in [1.807, 2.05) is 44.1 Å². The molecule has 156 valence electrons. The number of nitrogens with one attached hydrogen (secondary N) is 2. The number of hydrogen-bond donors (Lipinski definition) is 2. The predicted molar refractivity (Wildman–Crippen MR) is 114 cm³/mol. The lowest BCUT2D eigenvalue weighted by Crippen LogP contribution is -2.33. The second kappa shape index (κ2) is 9.40. The average Bonchev–Trinajstić information content (AvgIpc) is 2.73. The summed E-state index contributed by atoms with van der Waals surface area (Å²) < 4.78 is 5.30. The van der Waals surface area contributed by atoms with Crippen molar-refractivity contribution in [2.75, 3.05) is 49.4 Å². The van der Waals surface area contributed by atoms with Gasteiger partial charge in [0.2, 0.25) is 11.9 Å². The molecule has 2 aromatic rings. The number of urea groups is 1. The van der Waals surface area contributed by atoms with Gasteiger partial charge < -0.3 is 25.2 Å². The molecule has 1 fully saturated rings. The lowest BCUT2D eigenvalue weighted by atomic mass is 10.1. The minimum atomic E-state index is -0.347. The molecule has 0 bridgehead atoms. The summed E-state index contributed by atoms with van der Waals surface area (Å²) in [6.45, 7) is 4.04. The van der Waals surface area contributed by atoms with Crippen LogP contribution in [0.4, 0.5) is 22.4 Å². The van der Waals surface area contributed by atoms with Crippen LogP contribution >= 0.6 is 0 Å². The van der Waals surface area contributed by atoms with E-state index in [1.165, 1.54) is 6.42 Å². The van der Waals surface area contributed by atoms with Gasteiger partial charge in [-0.25, -0.2) is 4.79 Å². The third-order valence-electron chi connectivity index (χ3n) is 4.71. The van der Waals surface area contributed by atoms with Gasteiger partial charge in [0, 0.05) is 27.2 Å². The number of aromatic nitrogens is 3. The van der Waals surface area contributed by atoms with E-state index in [0.717, 1.165) is 31.5 Å². The number of rotatable bonds is 6. The Labute approximate surface area is 171 Å². The molecular weight excluding hydrogens is 370 g/mol. The van der Waals surface area contributed by atoms with Crippen LogP contribution in [0.5, 0.6) is 5.75 Å². The third-order valence-corrected chi connectivity index (χ3v) is 4.71. The van der Waals surface area contributed by atoms with Gasteiger partial charge in [-0.1, -0.05) is 6.07 Å². The number of aryl methyl sites for hydroxylation is 1. The van der Waals surface area contributed by atoms with Crippen molar-refractivity contribution >= 4 is 23.6 Å². The second-order valence-electron chi connectivity index (χ2n) is 7.31. The highest BCUT2D eigenvalue weighted by Gasteiger charge is 2.17. The van der Waals surface area contributed by atoms with Crippen LogP contribution in [-0.4, -0.2) is 55.3 Å². The number of hydrogen-bond acceptors (Lipinski definition) is 7. The first-order chi connectivity index (χ1) is 14.0. The summed E-state index contributed by atoms with van der Waals surface area (Å²) in [5.74, 6) is 2.38. The van der Waals surface area contributed by atoms with Gasteiger partial charge in [0.25, 0.3) is 0 Å². The van der Waals surface area contributed by atoms with Crippen molar-refractivity contribution in [2.45, 2.75) is 32.7 Å². The van der Waals surface area contributed by atoms with E-state index in [4.69, 9.17) is 4.74 Å². The van der Waals surface area contributed by atoms with Crippen molar-refractivity contribution in [1.82, 2.24) is 20.3 Å². The van der Waals surface area contributed by atoms with Gasteiger partial charge in [-0.3, -0.25) is 0 Å². The molecule has 0 spiro atoms. The van der Waals surface area contributed by atoms with Crippen LogP contribution in [0.25, 0.3) is 0 Å². The van der Waals surface area contributed by atoms with E-state index in [-0.39, 0.29) is 12.6 Å². The Balaban J connectivity index is 1.70. The van der Waals surface area contributed by atoms with Gasteiger partial charge in [0.15, 0.2) is 5.82 Å². The zero-order valence-corrected chi connectivity index (χ0v) is 17.5. The van der Waals surface area contributed by atoms with Gasteiger partial charge in [0.1, 0.15) is 5.75 Å². The van der Waals surface area contributed by atoms with E-state index in [0.29, 0.717) is 29.2 Å². The molecule has 1 saturated heterocycles. The SMILES string of the molecule is COc1ccc(C)cc1NC(=O)NCc1nc(N(C)C)nc(N2CCCCC2)n1. The Hall–Kier alpha value is -3.10. The highest BCUT2D eigenvalue weighted by molar-refractivity contribution is 5.91. The van der Waals surface area contributed by atoms with E-state index < -0.39 is 0 Å². The highest BCUT2D eigenvalue weighted by atomic mass is 16.5. The molecule has 2 heterocycles. The quantitative estimate of drug-likeness (QED) is 0.771. The van der Waals surface area contributed by atoms with Crippen molar-refractivity contribution in [3.8, 4) is 5.75 Å². The van der Waals surface area contributed by atoms with Gasteiger partial charge in [-0.15, -0.1) is 0 Å². The Morgan fingerprint density at radius 1 is 1.17 bits per heavy atom. The maximum Gasteiger partial charge on any atom is 0.319 e. The van der Waals surface area contributed by atoms with Crippen LogP contribution in [0.1, 0.15) is 30.7 Å². The monoisotopic (exact) mass is 399 g/mol. The summed E-state index contributed by atoms with van der Waals surface area (Å²) >= 11 is 0. The van der Waals surface area contributed by atoms with Gasteiger partial charge in [0.05, 0.1) is 19.3 Å². The van der Waals surface area contributed by atoms with E-state index in [2.05, 4.69) is 30.5 Å². The first-order valence-corrected chi connectivity index (χ1v) is 9.83. The average molecular weight is 399 g/mol. The van der Waals surface area contributed by atoms with Crippen molar-refractivity contribution in [3.63, 3.8) is 0 Å². The topological polar surface area (TPSA) is 95.5 Å². The molecule has 0 radical (unpaired) electrons. The fourth-order valence-electron chi connectivity index (χ4n) is 3.16. The zero-order chi connectivity index (χ0) is 20.8. The first-order valence-electron chi connectivity index (χ1n) is 9.83. The summed E-state index contributed by atoms with van der Waals surface area (Å²) in [4.78, 5) is 30.0. The van der Waals surface area contributed by atoms with E-state index in [1.54, 1.807) is 7.11 Å². The summed E-state index contributed by atoms with van der Waals surface area (Å²) in [5.41, 5.74) is 1.64. The summed E-state index contributed by atoms with van der Waals surface area (Å²) in [6, 6.07) is 5.27. The van der Waals surface area contributed by atoms with Crippen LogP contribution < -0.4 is 25.2 Å². The fraction of sp³-hybridized carbons (Fsp3) is 0.500. The number of benzene rings is 1. The van der Waals surface area contributed by atoms with E-state index >= 15 is 0 Å². The number of anilines is 3. The molecule has 9 heteroatoms. The van der Waals surface area contributed by atoms with Crippen LogP contribution in [-0.2, 0) is 6.54 Å². The number of ether oxygens (including phenoxy) is 1. The van der Waals surface area contributed by atoms with Crippen LogP contribution in [0.3, 0.4) is 0 Å². The molecule has 0 atom stereocenters. The number of nitrogens with zero attached hydrogens (tertiary/aromatic N) is 5. The fourth-order valence-corrected chi connectivity index (χ4v) is 3.16. The van der Waals surface area contributed by atoms with Gasteiger partial charge in [-0.2, -0.15) is 15.0 Å². The van der Waals surface area contributed by atoms with E-state index in [9.17, 15) is 4.79 Å². The largest absolute Gasteiger partial charge is 0.495 e. The van der Waals surface area contributed by atoms with Crippen molar-refractivity contribution < 1.29 is 9.53 Å². The Morgan fingerprint density at radius 3 is 2.62 bits per heavy atom. The summed E-state index contributed by atoms with van der Waals surface area (Å²) in [6.07, 6.45) is 3.51. The Morgan fingerprint density at radius 2 is 1.93 bits per heavy atom. The number of carbonyl (C=O) groups excluding carboxylic acids is 1. The van der Waals surface area contributed by atoms with Gasteiger partial charge >= 0.3 is 6.03 Å². The summed E-state index contributed by atoms with van der Waals surface area (Å²) in [7, 11) is 5.36. The van der Waals surface area contributed by atoms with Crippen LogP contribution in [0.2, 0.25) is 0 Å². The molecule has 0 aliphatic carbocycles.